The Labute approximate surface area is 557 Å². The number of fused-ring (bicyclic) bond motifs is 28. The van der Waals surface area contributed by atoms with Gasteiger partial charge in [-0.1, -0.05) is 285 Å². The predicted molar refractivity (Wildman–Crippen MR) is 398 cm³/mol. The third-order valence-corrected chi connectivity index (χ3v) is 22.6. The molecule has 3 heterocycles. The van der Waals surface area contributed by atoms with Crippen molar-refractivity contribution in [2.45, 2.75) is 10.8 Å². The number of anilines is 6. The molecule has 0 bridgehead atoms. The van der Waals surface area contributed by atoms with Crippen LogP contribution < -0.4 is 26.2 Å². The van der Waals surface area contributed by atoms with Gasteiger partial charge in [-0.15, -0.1) is 0 Å². The lowest BCUT2D eigenvalue weighted by molar-refractivity contribution is 0.793. The number of hydrogen-bond donors (Lipinski definition) is 0. The van der Waals surface area contributed by atoms with Gasteiger partial charge >= 0.3 is 0 Å². The van der Waals surface area contributed by atoms with Crippen molar-refractivity contribution < 1.29 is 0 Å². The van der Waals surface area contributed by atoms with Gasteiger partial charge in [0.15, 0.2) is 0 Å². The Balaban J connectivity index is 0.910. The van der Waals surface area contributed by atoms with Crippen molar-refractivity contribution in [1.29, 1.82) is 0 Å². The first-order valence-corrected chi connectivity index (χ1v) is 33.7. The zero-order valence-electron chi connectivity index (χ0n) is 52.3. The molecule has 0 N–H and O–H groups in total. The lowest BCUT2D eigenvalue weighted by Gasteiger charge is -2.45. The van der Waals surface area contributed by atoms with Gasteiger partial charge in [-0.05, 0) is 177 Å². The average Bonchev–Trinajstić information content (AvgIpc) is 1.43. The molecule has 2 spiro atoms. The summed E-state index contributed by atoms with van der Waals surface area (Å²) in [6.45, 7) is -0.206. The molecule has 3 nitrogen and oxygen atoms in total. The molecule has 6 aliphatic rings. The maximum atomic E-state index is 2.76. The molecular weight excluding hydrogens is 1160 g/mol. The van der Waals surface area contributed by atoms with Crippen LogP contribution in [0.2, 0.25) is 0 Å². The Morgan fingerprint density at radius 2 is 0.656 bits per heavy atom. The molecule has 0 saturated heterocycles. The number of rotatable bonds is 5. The van der Waals surface area contributed by atoms with Gasteiger partial charge in [0, 0.05) is 50.5 Å². The molecule has 2 aliphatic heterocycles. The van der Waals surface area contributed by atoms with E-state index in [1.54, 1.807) is 0 Å². The number of aromatic nitrogens is 1. The quantitative estimate of drug-likeness (QED) is 0.159. The van der Waals surface area contributed by atoms with Crippen molar-refractivity contribution in [3.63, 3.8) is 0 Å². The summed E-state index contributed by atoms with van der Waals surface area (Å²) < 4.78 is 2.54. The maximum Gasteiger partial charge on any atom is 0.252 e. The molecular formula is C92H56BN3. The molecule has 15 aromatic carbocycles. The van der Waals surface area contributed by atoms with Crippen molar-refractivity contribution in [2.75, 3.05) is 9.80 Å². The minimum absolute atomic E-state index is 0.206. The third kappa shape index (κ3) is 6.58. The van der Waals surface area contributed by atoms with Crippen LogP contribution >= 0.6 is 0 Å². The van der Waals surface area contributed by atoms with E-state index < -0.39 is 10.8 Å². The zero-order valence-corrected chi connectivity index (χ0v) is 52.3. The molecule has 0 amide bonds. The average molecular weight is 1210 g/mol. The van der Waals surface area contributed by atoms with Crippen LogP contribution in [0, 0.1) is 0 Å². The Bertz CT molecular complexity index is 5900. The van der Waals surface area contributed by atoms with E-state index in [1.165, 1.54) is 155 Å². The highest BCUT2D eigenvalue weighted by molar-refractivity contribution is 7.00. The Kier molecular flexibility index (Phi) is 10.5. The smallest absolute Gasteiger partial charge is 0.252 e. The Hall–Kier alpha value is -12.2. The predicted octanol–water partition coefficient (Wildman–Crippen LogP) is 20.9. The van der Waals surface area contributed by atoms with E-state index in [9.17, 15) is 0 Å². The third-order valence-electron chi connectivity index (χ3n) is 22.6. The summed E-state index contributed by atoms with van der Waals surface area (Å²) >= 11 is 0. The lowest BCUT2D eigenvalue weighted by Crippen LogP contribution is -2.61. The van der Waals surface area contributed by atoms with Gasteiger partial charge in [0.05, 0.1) is 27.6 Å². The van der Waals surface area contributed by atoms with E-state index in [0.29, 0.717) is 0 Å². The van der Waals surface area contributed by atoms with Crippen LogP contribution in [0.3, 0.4) is 0 Å². The summed E-state index contributed by atoms with van der Waals surface area (Å²) in [7, 11) is 0. The summed E-state index contributed by atoms with van der Waals surface area (Å²) in [5.74, 6) is 0. The summed E-state index contributed by atoms with van der Waals surface area (Å²) in [6.07, 6.45) is 0. The molecule has 0 fully saturated rings. The van der Waals surface area contributed by atoms with Gasteiger partial charge in [0.1, 0.15) is 0 Å². The topological polar surface area (TPSA) is 11.4 Å². The van der Waals surface area contributed by atoms with Crippen LogP contribution in [0.25, 0.3) is 94.3 Å². The maximum absolute atomic E-state index is 2.76. The fourth-order valence-corrected chi connectivity index (χ4v) is 19.0. The molecule has 442 valence electrons. The van der Waals surface area contributed by atoms with E-state index in [4.69, 9.17) is 0 Å². The van der Waals surface area contributed by atoms with Crippen molar-refractivity contribution in [3.05, 3.63) is 384 Å². The minimum atomic E-state index is -0.593. The van der Waals surface area contributed by atoms with Crippen LogP contribution in [0.15, 0.2) is 340 Å². The van der Waals surface area contributed by atoms with Gasteiger partial charge in [-0.25, -0.2) is 0 Å². The summed E-state index contributed by atoms with van der Waals surface area (Å²) in [5.41, 5.74) is 38.6. The highest BCUT2D eigenvalue weighted by Crippen LogP contribution is 2.67. The second-order valence-corrected chi connectivity index (χ2v) is 26.9. The van der Waals surface area contributed by atoms with Crippen LogP contribution in [-0.4, -0.2) is 11.3 Å². The minimum Gasteiger partial charge on any atom is -0.311 e. The molecule has 4 aliphatic carbocycles. The van der Waals surface area contributed by atoms with Crippen LogP contribution in [0.4, 0.5) is 34.1 Å². The van der Waals surface area contributed by atoms with Gasteiger partial charge in [0.2, 0.25) is 0 Å². The van der Waals surface area contributed by atoms with E-state index in [0.717, 1.165) is 34.1 Å². The summed E-state index contributed by atoms with van der Waals surface area (Å²) in [5, 5.41) is 2.45. The van der Waals surface area contributed by atoms with Gasteiger partial charge < -0.3 is 14.4 Å². The molecule has 0 radical (unpaired) electrons. The van der Waals surface area contributed by atoms with Crippen molar-refractivity contribution in [3.8, 4) is 72.4 Å². The van der Waals surface area contributed by atoms with E-state index in [2.05, 4.69) is 354 Å². The van der Waals surface area contributed by atoms with Crippen molar-refractivity contribution >= 4 is 79.0 Å². The first-order chi connectivity index (χ1) is 47.7. The SMILES string of the molecule is c1ccc(-c2ccc(N3c4ccc(-c5ccccc5)cc4B4c5ccc6c(c5N(c5ccc7c(c5)C5(c8ccccc8-c8ccccc85)c5ccccc5-7)c5cc(-n7c8ccccc8c8ccccc87)cc3c54)-c3ccccc3C63c4ccccc4-c4ccccc43)cc2)cc1. The van der Waals surface area contributed by atoms with Crippen molar-refractivity contribution in [2.24, 2.45) is 0 Å². The molecule has 22 rings (SSSR count). The molecule has 0 atom stereocenters. The molecule has 16 aromatic rings. The fraction of sp³-hybridized carbons (Fsp3) is 0.0217. The first kappa shape index (κ1) is 52.3. The summed E-state index contributed by atoms with van der Waals surface area (Å²) in [6, 6.07) is 130. The van der Waals surface area contributed by atoms with Crippen LogP contribution in [0.5, 0.6) is 0 Å². The fourth-order valence-electron chi connectivity index (χ4n) is 19.0. The highest BCUT2D eigenvalue weighted by Gasteiger charge is 2.56. The molecule has 0 unspecified atom stereocenters. The highest BCUT2D eigenvalue weighted by atomic mass is 15.2. The Morgan fingerprint density at radius 3 is 1.21 bits per heavy atom. The van der Waals surface area contributed by atoms with E-state index in [1.807, 2.05) is 0 Å². The normalized spacial score (nSPS) is 14.4. The standard InChI is InChI=1S/C92H56BN3/c1-3-23-57(24-4-1)59-43-46-61(47-44-59)94-85-52-45-60(58-25-5-2-6-26-58)53-82(85)93-81-51-50-79-88(72-34-12-20-40-78(72)91(79)73-35-15-7-27-64(73)65-28-8-16-36-74(65)91)90(81)96(87-56-63(55-86(94)89(87)93)95-83-41-21-13-32-70(83)71-33-14-22-42-84(71)95)62-48-49-69-68-31-11-19-39-77(68)92(80(69)54-62)75-37-17-9-29-66(75)67-30-10-18-38-76(67)92/h1-56H. The number of benzene rings is 15. The monoisotopic (exact) mass is 1210 g/mol. The molecule has 1 aromatic heterocycles. The van der Waals surface area contributed by atoms with Gasteiger partial charge in [-0.2, -0.15) is 0 Å². The second kappa shape index (κ2) is 19.2. The largest absolute Gasteiger partial charge is 0.311 e. The first-order valence-electron chi connectivity index (χ1n) is 33.7. The van der Waals surface area contributed by atoms with Gasteiger partial charge in [-0.3, -0.25) is 0 Å². The lowest BCUT2D eigenvalue weighted by atomic mass is 9.33. The number of nitrogens with zero attached hydrogens (tertiary/aromatic N) is 3. The van der Waals surface area contributed by atoms with Gasteiger partial charge in [0.25, 0.3) is 6.71 Å². The number of para-hydroxylation sites is 2. The number of hydrogen-bond acceptors (Lipinski definition) is 2. The van der Waals surface area contributed by atoms with Crippen molar-refractivity contribution in [1.82, 2.24) is 4.57 Å². The Morgan fingerprint density at radius 1 is 0.240 bits per heavy atom. The molecule has 0 saturated carbocycles. The second-order valence-electron chi connectivity index (χ2n) is 26.9. The van der Waals surface area contributed by atoms with Crippen LogP contribution in [-0.2, 0) is 10.8 Å². The summed E-state index contributed by atoms with van der Waals surface area (Å²) in [4.78, 5) is 5.36. The van der Waals surface area contributed by atoms with E-state index in [-0.39, 0.29) is 6.71 Å². The molecule has 96 heavy (non-hydrogen) atoms. The molecule has 4 heteroatoms. The van der Waals surface area contributed by atoms with Crippen LogP contribution in [0.1, 0.15) is 44.5 Å². The zero-order chi connectivity index (χ0) is 62.5. The van der Waals surface area contributed by atoms with E-state index >= 15 is 0 Å².